The molecule has 0 bridgehead atoms. The van der Waals surface area contributed by atoms with Crippen LogP contribution in [0.5, 0.6) is 5.75 Å². The van der Waals surface area contributed by atoms with Crippen molar-refractivity contribution in [2.45, 2.75) is 38.1 Å². The number of hydrazine groups is 1. The molecule has 1 heterocycles. The van der Waals surface area contributed by atoms with Gasteiger partial charge in [0.25, 0.3) is 0 Å². The third kappa shape index (κ3) is 2.98. The van der Waals surface area contributed by atoms with Gasteiger partial charge >= 0.3 is 0 Å². The maximum absolute atomic E-state index is 5.85. The van der Waals surface area contributed by atoms with Crippen LogP contribution in [0.4, 0.5) is 0 Å². The van der Waals surface area contributed by atoms with Crippen LogP contribution in [-0.4, -0.2) is 7.11 Å². The van der Waals surface area contributed by atoms with E-state index in [1.165, 1.54) is 47.4 Å². The molecule has 4 heteroatoms. The lowest BCUT2D eigenvalue weighted by atomic mass is 10.0. The number of para-hydroxylation sites is 1. The van der Waals surface area contributed by atoms with Crippen LogP contribution < -0.4 is 16.0 Å². The second-order valence-corrected chi connectivity index (χ2v) is 6.67. The molecule has 0 fully saturated rings. The minimum atomic E-state index is -0.00178. The van der Waals surface area contributed by atoms with Gasteiger partial charge in [0.05, 0.1) is 13.2 Å². The number of thiophene rings is 1. The number of rotatable bonds is 4. The first-order chi connectivity index (χ1) is 10.3. The zero-order valence-corrected chi connectivity index (χ0v) is 13.2. The molecule has 1 aromatic heterocycles. The van der Waals surface area contributed by atoms with E-state index in [-0.39, 0.29) is 6.04 Å². The lowest BCUT2D eigenvalue weighted by molar-refractivity contribution is 0.404. The predicted molar refractivity (Wildman–Crippen MR) is 87.7 cm³/mol. The van der Waals surface area contributed by atoms with Crippen LogP contribution in [0.1, 0.15) is 46.2 Å². The summed E-state index contributed by atoms with van der Waals surface area (Å²) in [4.78, 5) is 2.83. The van der Waals surface area contributed by atoms with Crippen LogP contribution in [0.3, 0.4) is 0 Å². The molecule has 1 unspecified atom stereocenters. The zero-order chi connectivity index (χ0) is 14.7. The van der Waals surface area contributed by atoms with Crippen molar-refractivity contribution in [3.8, 4) is 5.75 Å². The van der Waals surface area contributed by atoms with Gasteiger partial charge in [0.15, 0.2) is 0 Å². The van der Waals surface area contributed by atoms with Crippen LogP contribution in [0.15, 0.2) is 30.3 Å². The van der Waals surface area contributed by atoms with Crippen LogP contribution in [0, 0.1) is 0 Å². The van der Waals surface area contributed by atoms with Crippen molar-refractivity contribution in [3.05, 3.63) is 51.2 Å². The standard InChI is InChI=1S/C17H22N2OS/c1-20-14-9-6-5-8-13(14)17(19-18)16-11-12-7-3-2-4-10-15(12)21-16/h5-6,8-9,11,17,19H,2-4,7,10,18H2,1H3. The molecular formula is C17H22N2OS. The number of nitrogens with one attached hydrogen (secondary N) is 1. The third-order valence-corrected chi connectivity index (χ3v) is 5.47. The average molecular weight is 302 g/mol. The van der Waals surface area contributed by atoms with Crippen molar-refractivity contribution in [1.82, 2.24) is 5.43 Å². The van der Waals surface area contributed by atoms with Crippen LogP contribution in [0.25, 0.3) is 0 Å². The molecular weight excluding hydrogens is 280 g/mol. The van der Waals surface area contributed by atoms with Crippen molar-refractivity contribution in [1.29, 1.82) is 0 Å². The Morgan fingerprint density at radius 2 is 2.00 bits per heavy atom. The normalized spacial score (nSPS) is 16.1. The molecule has 1 atom stereocenters. The summed E-state index contributed by atoms with van der Waals surface area (Å²) >= 11 is 1.90. The zero-order valence-electron chi connectivity index (χ0n) is 12.4. The number of ether oxygens (including phenoxy) is 1. The molecule has 0 aliphatic heterocycles. The fourth-order valence-electron chi connectivity index (χ4n) is 3.06. The van der Waals surface area contributed by atoms with E-state index in [9.17, 15) is 0 Å². The molecule has 0 amide bonds. The second-order valence-electron chi connectivity index (χ2n) is 5.50. The van der Waals surface area contributed by atoms with Crippen LogP contribution in [0.2, 0.25) is 0 Å². The van der Waals surface area contributed by atoms with Gasteiger partial charge in [-0.3, -0.25) is 5.84 Å². The van der Waals surface area contributed by atoms with E-state index in [1.807, 2.05) is 29.5 Å². The summed E-state index contributed by atoms with van der Waals surface area (Å²) in [6.07, 6.45) is 6.38. The Kier molecular flexibility index (Phi) is 4.58. The van der Waals surface area contributed by atoms with E-state index in [0.29, 0.717) is 0 Å². The van der Waals surface area contributed by atoms with Crippen LogP contribution in [-0.2, 0) is 12.8 Å². The Morgan fingerprint density at radius 3 is 2.81 bits per heavy atom. The van der Waals surface area contributed by atoms with E-state index < -0.39 is 0 Å². The largest absolute Gasteiger partial charge is 0.496 e. The fourth-order valence-corrected chi connectivity index (χ4v) is 4.40. The number of hydrogen-bond donors (Lipinski definition) is 2. The Labute approximate surface area is 130 Å². The minimum absolute atomic E-state index is 0.00178. The first kappa shape index (κ1) is 14.6. The van der Waals surface area contributed by atoms with Crippen molar-refractivity contribution >= 4 is 11.3 Å². The highest BCUT2D eigenvalue weighted by molar-refractivity contribution is 7.12. The molecule has 3 nitrogen and oxygen atoms in total. The number of nitrogens with two attached hydrogens (primary N) is 1. The fraction of sp³-hybridized carbons (Fsp3) is 0.412. The summed E-state index contributed by atoms with van der Waals surface area (Å²) in [5.41, 5.74) is 5.58. The number of hydrogen-bond acceptors (Lipinski definition) is 4. The van der Waals surface area contributed by atoms with E-state index in [2.05, 4.69) is 17.6 Å². The summed E-state index contributed by atoms with van der Waals surface area (Å²) in [5.74, 6) is 6.73. The third-order valence-electron chi connectivity index (χ3n) is 4.17. The van der Waals surface area contributed by atoms with E-state index in [1.54, 1.807) is 7.11 Å². The van der Waals surface area contributed by atoms with Gasteiger partial charge in [-0.05, 0) is 43.4 Å². The molecule has 0 saturated carbocycles. The molecule has 3 rings (SSSR count). The highest BCUT2D eigenvalue weighted by atomic mass is 32.1. The molecule has 112 valence electrons. The average Bonchev–Trinajstić information content (AvgIpc) is 2.79. The Hall–Kier alpha value is -1.36. The number of fused-ring (bicyclic) bond motifs is 1. The van der Waals surface area contributed by atoms with Crippen molar-refractivity contribution in [3.63, 3.8) is 0 Å². The topological polar surface area (TPSA) is 47.3 Å². The van der Waals surface area contributed by atoms with Crippen LogP contribution >= 0.6 is 11.3 Å². The molecule has 1 aliphatic rings. The first-order valence-corrected chi connectivity index (χ1v) is 8.35. The first-order valence-electron chi connectivity index (χ1n) is 7.54. The highest BCUT2D eigenvalue weighted by Gasteiger charge is 2.21. The van der Waals surface area contributed by atoms with Gasteiger partial charge in [0.1, 0.15) is 5.75 Å². The minimum Gasteiger partial charge on any atom is -0.496 e. The maximum atomic E-state index is 5.85. The predicted octanol–water partition coefficient (Wildman–Crippen LogP) is 3.58. The molecule has 21 heavy (non-hydrogen) atoms. The molecule has 0 spiro atoms. The van der Waals surface area contributed by atoms with Gasteiger partial charge in [0.2, 0.25) is 0 Å². The van der Waals surface area contributed by atoms with E-state index in [4.69, 9.17) is 10.6 Å². The van der Waals surface area contributed by atoms with Crippen molar-refractivity contribution in [2.24, 2.45) is 5.84 Å². The van der Waals surface area contributed by atoms with Gasteiger partial charge in [0, 0.05) is 15.3 Å². The lowest BCUT2D eigenvalue weighted by Gasteiger charge is -2.17. The molecule has 0 saturated heterocycles. The maximum Gasteiger partial charge on any atom is 0.124 e. The summed E-state index contributed by atoms with van der Waals surface area (Å²) in [6, 6.07) is 10.4. The monoisotopic (exact) mass is 302 g/mol. The smallest absolute Gasteiger partial charge is 0.124 e. The molecule has 2 aromatic rings. The number of aryl methyl sites for hydroxylation is 2. The van der Waals surface area contributed by atoms with Gasteiger partial charge in [-0.25, -0.2) is 5.43 Å². The second kappa shape index (κ2) is 6.60. The Bertz CT molecular complexity index is 585. The summed E-state index contributed by atoms with van der Waals surface area (Å²) in [7, 11) is 1.70. The SMILES string of the molecule is COc1ccccc1C(NN)c1cc2c(s1)CCCCC2. The van der Waals surface area contributed by atoms with Gasteiger partial charge in [-0.2, -0.15) is 0 Å². The summed E-state index contributed by atoms with van der Waals surface area (Å²) < 4.78 is 5.48. The number of benzene rings is 1. The molecule has 1 aromatic carbocycles. The van der Waals surface area contributed by atoms with Gasteiger partial charge in [-0.1, -0.05) is 24.6 Å². The summed E-state index contributed by atoms with van der Waals surface area (Å²) in [6.45, 7) is 0. The lowest BCUT2D eigenvalue weighted by Crippen LogP contribution is -2.28. The van der Waals surface area contributed by atoms with E-state index in [0.717, 1.165) is 11.3 Å². The Balaban J connectivity index is 1.96. The van der Waals surface area contributed by atoms with Crippen molar-refractivity contribution < 1.29 is 4.74 Å². The van der Waals surface area contributed by atoms with E-state index >= 15 is 0 Å². The van der Waals surface area contributed by atoms with Gasteiger partial charge < -0.3 is 4.74 Å². The molecule has 0 radical (unpaired) electrons. The summed E-state index contributed by atoms with van der Waals surface area (Å²) in [5, 5.41) is 0. The Morgan fingerprint density at radius 1 is 1.19 bits per heavy atom. The molecule has 3 N–H and O–H groups in total. The molecule has 1 aliphatic carbocycles. The van der Waals surface area contributed by atoms with Crippen molar-refractivity contribution in [2.75, 3.05) is 7.11 Å². The highest BCUT2D eigenvalue weighted by Crippen LogP contribution is 2.37. The number of methoxy groups -OCH3 is 1. The quantitative estimate of drug-likeness (QED) is 0.515. The van der Waals surface area contributed by atoms with Gasteiger partial charge in [-0.15, -0.1) is 11.3 Å².